The number of hydrogen-bond donors (Lipinski definition) is 2. The van der Waals surface area contributed by atoms with Gasteiger partial charge in [-0.3, -0.25) is 9.59 Å². The van der Waals surface area contributed by atoms with Crippen LogP contribution in [0.5, 0.6) is 23.0 Å². The van der Waals surface area contributed by atoms with E-state index in [2.05, 4.69) is 15.8 Å². The van der Waals surface area contributed by atoms with E-state index < -0.39 is 5.91 Å². The zero-order chi connectivity index (χ0) is 27.5. The lowest BCUT2D eigenvalue weighted by atomic mass is 10.1. The largest absolute Gasteiger partial charge is 0.495 e. The Labute approximate surface area is 226 Å². The van der Waals surface area contributed by atoms with Gasteiger partial charge in [-0.2, -0.15) is 5.10 Å². The van der Waals surface area contributed by atoms with Gasteiger partial charge in [0.2, 0.25) is 0 Å². The summed E-state index contributed by atoms with van der Waals surface area (Å²) in [5.41, 5.74) is 3.68. The number of ether oxygens (including phenoxy) is 4. The predicted molar refractivity (Wildman–Crippen MR) is 150 cm³/mol. The number of hydrogen-bond acceptors (Lipinski definition) is 7. The molecular formula is C30H29N3O6. The van der Waals surface area contributed by atoms with Crippen molar-refractivity contribution < 1.29 is 28.5 Å². The van der Waals surface area contributed by atoms with Crippen molar-refractivity contribution in [2.45, 2.75) is 6.92 Å². The maximum absolute atomic E-state index is 12.4. The van der Waals surface area contributed by atoms with E-state index in [1.807, 2.05) is 55.5 Å². The van der Waals surface area contributed by atoms with E-state index in [0.717, 1.165) is 10.8 Å². The van der Waals surface area contributed by atoms with Gasteiger partial charge in [0.1, 0.15) is 11.5 Å². The van der Waals surface area contributed by atoms with Gasteiger partial charge in [0.05, 0.1) is 25.6 Å². The molecule has 0 aliphatic heterocycles. The molecule has 39 heavy (non-hydrogen) atoms. The first-order valence-corrected chi connectivity index (χ1v) is 12.3. The average molecular weight is 528 g/mol. The number of carbonyl (C=O) groups excluding carboxylic acids is 2. The van der Waals surface area contributed by atoms with Crippen molar-refractivity contribution >= 4 is 34.5 Å². The van der Waals surface area contributed by atoms with E-state index in [4.69, 9.17) is 18.9 Å². The molecule has 0 heterocycles. The highest BCUT2D eigenvalue weighted by molar-refractivity contribution is 5.93. The summed E-state index contributed by atoms with van der Waals surface area (Å²) in [5.74, 6) is 1.28. The van der Waals surface area contributed by atoms with Crippen LogP contribution in [0, 0.1) is 0 Å². The topological polar surface area (TPSA) is 107 Å². The maximum Gasteiger partial charge on any atom is 0.277 e. The summed E-state index contributed by atoms with van der Waals surface area (Å²) in [6.07, 6.45) is 1.48. The molecule has 0 unspecified atom stereocenters. The van der Waals surface area contributed by atoms with Crippen molar-refractivity contribution in [3.05, 3.63) is 90.5 Å². The van der Waals surface area contributed by atoms with Gasteiger partial charge in [0.25, 0.3) is 11.8 Å². The zero-order valence-corrected chi connectivity index (χ0v) is 21.7. The van der Waals surface area contributed by atoms with Gasteiger partial charge in [-0.05, 0) is 54.3 Å². The minimum Gasteiger partial charge on any atom is -0.495 e. The van der Waals surface area contributed by atoms with Crippen LogP contribution in [-0.4, -0.2) is 45.0 Å². The second kappa shape index (κ2) is 13.5. The van der Waals surface area contributed by atoms with Gasteiger partial charge in [0, 0.05) is 5.39 Å². The Kier molecular flexibility index (Phi) is 9.33. The Morgan fingerprint density at radius 3 is 2.33 bits per heavy atom. The van der Waals surface area contributed by atoms with Crippen molar-refractivity contribution in [2.75, 3.05) is 32.2 Å². The molecule has 0 saturated carbocycles. The highest BCUT2D eigenvalue weighted by Crippen LogP contribution is 2.29. The molecule has 0 aliphatic rings. The second-order valence-electron chi connectivity index (χ2n) is 8.24. The van der Waals surface area contributed by atoms with Crippen LogP contribution >= 0.6 is 0 Å². The van der Waals surface area contributed by atoms with Crippen molar-refractivity contribution in [3.8, 4) is 23.0 Å². The van der Waals surface area contributed by atoms with Crippen LogP contribution in [0.3, 0.4) is 0 Å². The normalized spacial score (nSPS) is 10.7. The number of fused-ring (bicyclic) bond motifs is 1. The molecule has 0 fully saturated rings. The summed E-state index contributed by atoms with van der Waals surface area (Å²) in [6, 6.07) is 25.7. The minimum absolute atomic E-state index is 0.181. The molecule has 4 aromatic carbocycles. The number of para-hydroxylation sites is 2. The fourth-order valence-corrected chi connectivity index (χ4v) is 3.75. The number of nitrogens with one attached hydrogen (secondary N) is 2. The van der Waals surface area contributed by atoms with Gasteiger partial charge in [0.15, 0.2) is 24.7 Å². The average Bonchev–Trinajstić information content (AvgIpc) is 2.96. The molecule has 0 atom stereocenters. The van der Waals surface area contributed by atoms with Crippen LogP contribution in [0.15, 0.2) is 90.0 Å². The van der Waals surface area contributed by atoms with E-state index in [9.17, 15) is 9.59 Å². The Bertz CT molecular complexity index is 1470. The fourth-order valence-electron chi connectivity index (χ4n) is 3.75. The number of anilines is 1. The molecule has 200 valence electrons. The van der Waals surface area contributed by atoms with Gasteiger partial charge >= 0.3 is 0 Å². The number of carbonyl (C=O) groups is 2. The maximum atomic E-state index is 12.4. The molecule has 0 bridgehead atoms. The molecule has 2 amide bonds. The van der Waals surface area contributed by atoms with E-state index in [0.29, 0.717) is 40.9 Å². The third-order valence-electron chi connectivity index (χ3n) is 5.52. The summed E-state index contributed by atoms with van der Waals surface area (Å²) >= 11 is 0. The van der Waals surface area contributed by atoms with Gasteiger partial charge in [-0.25, -0.2) is 5.43 Å². The summed E-state index contributed by atoms with van der Waals surface area (Å²) in [6.45, 7) is 1.83. The molecule has 9 heteroatoms. The molecule has 0 aliphatic carbocycles. The Hall–Kier alpha value is -5.05. The monoisotopic (exact) mass is 527 g/mol. The van der Waals surface area contributed by atoms with E-state index in [-0.39, 0.29) is 19.1 Å². The number of benzene rings is 4. The lowest BCUT2D eigenvalue weighted by Gasteiger charge is -2.13. The van der Waals surface area contributed by atoms with Crippen LogP contribution in [0.2, 0.25) is 0 Å². The lowest BCUT2D eigenvalue weighted by molar-refractivity contribution is -0.123. The van der Waals surface area contributed by atoms with E-state index in [1.165, 1.54) is 13.3 Å². The smallest absolute Gasteiger partial charge is 0.277 e. The van der Waals surface area contributed by atoms with Crippen molar-refractivity contribution in [1.82, 2.24) is 5.43 Å². The van der Waals surface area contributed by atoms with Crippen molar-refractivity contribution in [2.24, 2.45) is 5.10 Å². The Balaban J connectivity index is 1.31. The Morgan fingerprint density at radius 1 is 0.769 bits per heavy atom. The standard InChI is InChI=1S/C30H29N3O6/c1-3-37-28-17-21(15-16-27(28)39-19-29(34)32-24-12-6-7-13-26(24)36-2)18-31-33-30(35)20-38-25-14-8-10-22-9-4-5-11-23(22)25/h4-18H,3,19-20H2,1-2H3,(H,32,34)(H,33,35)/b31-18+. The third kappa shape index (κ3) is 7.48. The molecule has 2 N–H and O–H groups in total. The second-order valence-corrected chi connectivity index (χ2v) is 8.24. The molecular weight excluding hydrogens is 498 g/mol. The fraction of sp³-hybridized carbons (Fsp3) is 0.167. The summed E-state index contributed by atoms with van der Waals surface area (Å²) in [5, 5.41) is 8.73. The summed E-state index contributed by atoms with van der Waals surface area (Å²) in [7, 11) is 1.53. The highest BCUT2D eigenvalue weighted by Gasteiger charge is 2.11. The van der Waals surface area contributed by atoms with E-state index >= 15 is 0 Å². The molecule has 4 rings (SSSR count). The third-order valence-corrected chi connectivity index (χ3v) is 5.52. The molecule has 0 aromatic heterocycles. The highest BCUT2D eigenvalue weighted by atomic mass is 16.5. The van der Waals surface area contributed by atoms with Crippen LogP contribution < -0.4 is 29.7 Å². The van der Waals surface area contributed by atoms with Crippen molar-refractivity contribution in [3.63, 3.8) is 0 Å². The zero-order valence-electron chi connectivity index (χ0n) is 21.7. The van der Waals surface area contributed by atoms with Gasteiger partial charge in [-0.15, -0.1) is 0 Å². The summed E-state index contributed by atoms with van der Waals surface area (Å²) < 4.78 is 22.3. The number of rotatable bonds is 12. The molecule has 4 aromatic rings. The summed E-state index contributed by atoms with van der Waals surface area (Å²) in [4.78, 5) is 24.6. The number of hydrazone groups is 1. The first-order chi connectivity index (χ1) is 19.1. The number of nitrogens with zero attached hydrogens (tertiary/aromatic N) is 1. The predicted octanol–water partition coefficient (Wildman–Crippen LogP) is 4.79. The number of methoxy groups -OCH3 is 1. The lowest BCUT2D eigenvalue weighted by Crippen LogP contribution is -2.24. The first kappa shape index (κ1) is 27.0. The quantitative estimate of drug-likeness (QED) is 0.203. The first-order valence-electron chi connectivity index (χ1n) is 12.3. The Morgan fingerprint density at radius 2 is 1.49 bits per heavy atom. The minimum atomic E-state index is -0.398. The molecule has 0 radical (unpaired) electrons. The van der Waals surface area contributed by atoms with Gasteiger partial charge < -0.3 is 24.3 Å². The van der Waals surface area contributed by atoms with Crippen LogP contribution in [0.25, 0.3) is 10.8 Å². The molecule has 0 saturated heterocycles. The van der Waals surface area contributed by atoms with Crippen LogP contribution in [0.4, 0.5) is 5.69 Å². The van der Waals surface area contributed by atoms with Crippen LogP contribution in [0.1, 0.15) is 12.5 Å². The SMILES string of the molecule is CCOc1cc(/C=N/NC(=O)COc2cccc3ccccc23)ccc1OCC(=O)Nc1ccccc1OC. The van der Waals surface area contributed by atoms with E-state index in [1.54, 1.807) is 36.4 Å². The van der Waals surface area contributed by atoms with Crippen molar-refractivity contribution in [1.29, 1.82) is 0 Å². The number of amides is 2. The van der Waals surface area contributed by atoms with Crippen LogP contribution in [-0.2, 0) is 9.59 Å². The molecule has 9 nitrogen and oxygen atoms in total. The van der Waals surface area contributed by atoms with Gasteiger partial charge in [-0.1, -0.05) is 48.5 Å². The molecule has 0 spiro atoms.